The number of benzene rings is 1. The molecule has 2 rings (SSSR count). The summed E-state index contributed by atoms with van der Waals surface area (Å²) in [5.74, 6) is 0.566. The molecule has 0 saturated carbocycles. The zero-order valence-electron chi connectivity index (χ0n) is 14.3. The number of nitrogens with one attached hydrogen (secondary N) is 2. The van der Waals surface area contributed by atoms with Gasteiger partial charge in [0.25, 0.3) is 5.91 Å². The minimum Gasteiger partial charge on any atom is -0.370 e. The van der Waals surface area contributed by atoms with E-state index in [1.165, 1.54) is 0 Å². The second-order valence-corrected chi connectivity index (χ2v) is 6.37. The SMILES string of the molecule is Cc1ccc(Cl)cc1NC(=O)c1ccc(NCCCN(C)C)nc1. The average Bonchev–Trinajstić information content (AvgIpc) is 2.55. The Kier molecular flexibility index (Phi) is 6.58. The van der Waals surface area contributed by atoms with Crippen molar-refractivity contribution in [3.63, 3.8) is 0 Å². The van der Waals surface area contributed by atoms with Crippen LogP contribution in [0.25, 0.3) is 0 Å². The first kappa shape index (κ1) is 18.2. The summed E-state index contributed by atoms with van der Waals surface area (Å²) in [6, 6.07) is 8.98. The van der Waals surface area contributed by atoms with Crippen molar-refractivity contribution >= 4 is 29.0 Å². The van der Waals surface area contributed by atoms with Gasteiger partial charge in [0.2, 0.25) is 0 Å². The lowest BCUT2D eigenvalue weighted by molar-refractivity contribution is 0.102. The van der Waals surface area contributed by atoms with Gasteiger partial charge in [0, 0.05) is 23.5 Å². The first-order valence-corrected chi connectivity index (χ1v) is 8.25. The third-order valence-corrected chi connectivity index (χ3v) is 3.80. The van der Waals surface area contributed by atoms with Crippen molar-refractivity contribution in [2.24, 2.45) is 0 Å². The Hall–Kier alpha value is -2.11. The van der Waals surface area contributed by atoms with Crippen molar-refractivity contribution in [2.75, 3.05) is 37.8 Å². The number of hydrogen-bond donors (Lipinski definition) is 2. The van der Waals surface area contributed by atoms with Gasteiger partial charge in [-0.05, 0) is 63.8 Å². The molecule has 6 heteroatoms. The number of aryl methyl sites for hydroxylation is 1. The number of carbonyl (C=O) groups excluding carboxylic acids is 1. The van der Waals surface area contributed by atoms with Gasteiger partial charge in [0.15, 0.2) is 0 Å². The van der Waals surface area contributed by atoms with Crippen LogP contribution in [0.15, 0.2) is 36.5 Å². The van der Waals surface area contributed by atoms with Crippen LogP contribution in [0.3, 0.4) is 0 Å². The van der Waals surface area contributed by atoms with Crippen LogP contribution in [-0.4, -0.2) is 43.0 Å². The Labute approximate surface area is 148 Å². The lowest BCUT2D eigenvalue weighted by Gasteiger charge is -2.11. The normalized spacial score (nSPS) is 10.7. The summed E-state index contributed by atoms with van der Waals surface area (Å²) in [4.78, 5) is 18.7. The van der Waals surface area contributed by atoms with E-state index in [1.807, 2.05) is 33.2 Å². The molecule has 1 aromatic carbocycles. The number of nitrogens with zero attached hydrogens (tertiary/aromatic N) is 2. The minimum atomic E-state index is -0.202. The van der Waals surface area contributed by atoms with Crippen molar-refractivity contribution < 1.29 is 4.79 Å². The molecule has 0 aliphatic heterocycles. The van der Waals surface area contributed by atoms with Crippen LogP contribution in [0.4, 0.5) is 11.5 Å². The summed E-state index contributed by atoms with van der Waals surface area (Å²) < 4.78 is 0. The van der Waals surface area contributed by atoms with Gasteiger partial charge >= 0.3 is 0 Å². The van der Waals surface area contributed by atoms with Gasteiger partial charge in [-0.2, -0.15) is 0 Å². The molecule has 1 heterocycles. The van der Waals surface area contributed by atoms with Gasteiger partial charge in [-0.3, -0.25) is 4.79 Å². The van der Waals surface area contributed by atoms with Crippen LogP contribution >= 0.6 is 11.6 Å². The highest BCUT2D eigenvalue weighted by atomic mass is 35.5. The summed E-state index contributed by atoms with van der Waals surface area (Å²) in [6.07, 6.45) is 2.61. The number of carbonyl (C=O) groups is 1. The largest absolute Gasteiger partial charge is 0.370 e. The first-order chi connectivity index (χ1) is 11.5. The predicted octanol–water partition coefficient (Wildman–Crippen LogP) is 3.66. The van der Waals surface area contributed by atoms with E-state index in [-0.39, 0.29) is 5.91 Å². The number of rotatable bonds is 7. The topological polar surface area (TPSA) is 57.3 Å². The number of aromatic nitrogens is 1. The zero-order chi connectivity index (χ0) is 17.5. The van der Waals surface area contributed by atoms with Crippen molar-refractivity contribution in [3.8, 4) is 0 Å². The van der Waals surface area contributed by atoms with E-state index in [0.29, 0.717) is 16.3 Å². The Bertz CT molecular complexity index is 686. The van der Waals surface area contributed by atoms with Crippen LogP contribution in [0.2, 0.25) is 5.02 Å². The van der Waals surface area contributed by atoms with E-state index < -0.39 is 0 Å². The maximum absolute atomic E-state index is 12.3. The monoisotopic (exact) mass is 346 g/mol. The van der Waals surface area contributed by atoms with Crippen LogP contribution in [0.1, 0.15) is 22.3 Å². The summed E-state index contributed by atoms with van der Waals surface area (Å²) in [6.45, 7) is 3.79. The zero-order valence-corrected chi connectivity index (χ0v) is 15.0. The van der Waals surface area contributed by atoms with E-state index in [0.717, 1.165) is 30.9 Å². The van der Waals surface area contributed by atoms with Crippen molar-refractivity contribution in [3.05, 3.63) is 52.7 Å². The molecule has 0 aliphatic carbocycles. The fourth-order valence-corrected chi connectivity index (χ4v) is 2.34. The van der Waals surface area contributed by atoms with Crippen molar-refractivity contribution in [1.82, 2.24) is 9.88 Å². The standard InChI is InChI=1S/C18H23ClN4O/c1-13-5-7-15(19)11-16(13)22-18(24)14-6-8-17(21-12-14)20-9-4-10-23(2)3/h5-8,11-12H,4,9-10H2,1-3H3,(H,20,21)(H,22,24). The molecule has 0 spiro atoms. The molecule has 2 aromatic rings. The van der Waals surface area contributed by atoms with Gasteiger partial charge in [-0.15, -0.1) is 0 Å². The molecule has 5 nitrogen and oxygen atoms in total. The second kappa shape index (κ2) is 8.66. The number of hydrogen-bond acceptors (Lipinski definition) is 4. The van der Waals surface area contributed by atoms with E-state index in [9.17, 15) is 4.79 Å². The molecule has 1 aromatic heterocycles. The summed E-state index contributed by atoms with van der Waals surface area (Å²) in [5.41, 5.74) is 2.17. The number of amides is 1. The molecule has 2 N–H and O–H groups in total. The smallest absolute Gasteiger partial charge is 0.257 e. The summed E-state index contributed by atoms with van der Waals surface area (Å²) >= 11 is 5.97. The van der Waals surface area contributed by atoms with Gasteiger partial charge in [-0.1, -0.05) is 17.7 Å². The molecule has 0 aliphatic rings. The molecular weight excluding hydrogens is 324 g/mol. The van der Waals surface area contributed by atoms with Crippen LogP contribution in [0.5, 0.6) is 0 Å². The first-order valence-electron chi connectivity index (χ1n) is 7.88. The molecule has 0 fully saturated rings. The predicted molar refractivity (Wildman–Crippen MR) is 100 cm³/mol. The number of halogens is 1. The van der Waals surface area contributed by atoms with E-state index in [1.54, 1.807) is 24.4 Å². The maximum atomic E-state index is 12.3. The van der Waals surface area contributed by atoms with Crippen molar-refractivity contribution in [1.29, 1.82) is 0 Å². The molecule has 1 amide bonds. The van der Waals surface area contributed by atoms with Crippen LogP contribution in [-0.2, 0) is 0 Å². The Morgan fingerprint density at radius 3 is 2.71 bits per heavy atom. The highest BCUT2D eigenvalue weighted by Crippen LogP contribution is 2.21. The van der Waals surface area contributed by atoms with Gasteiger partial charge < -0.3 is 15.5 Å². The summed E-state index contributed by atoms with van der Waals surface area (Å²) in [7, 11) is 4.10. The molecule has 24 heavy (non-hydrogen) atoms. The molecule has 0 saturated heterocycles. The molecular formula is C18H23ClN4O. The molecule has 0 bridgehead atoms. The third-order valence-electron chi connectivity index (χ3n) is 3.56. The Morgan fingerprint density at radius 1 is 1.25 bits per heavy atom. The molecule has 0 unspecified atom stereocenters. The molecule has 0 atom stereocenters. The molecule has 0 radical (unpaired) electrons. The van der Waals surface area contributed by atoms with Crippen LogP contribution < -0.4 is 10.6 Å². The highest BCUT2D eigenvalue weighted by molar-refractivity contribution is 6.31. The number of pyridine rings is 1. The molecule has 128 valence electrons. The summed E-state index contributed by atoms with van der Waals surface area (Å²) in [5, 5.41) is 6.70. The fraction of sp³-hybridized carbons (Fsp3) is 0.333. The van der Waals surface area contributed by atoms with Gasteiger partial charge in [0.1, 0.15) is 5.82 Å². The lowest BCUT2D eigenvalue weighted by atomic mass is 10.2. The van der Waals surface area contributed by atoms with E-state index >= 15 is 0 Å². The van der Waals surface area contributed by atoms with E-state index in [4.69, 9.17) is 11.6 Å². The Balaban J connectivity index is 1.92. The quantitative estimate of drug-likeness (QED) is 0.751. The van der Waals surface area contributed by atoms with Crippen LogP contribution in [0, 0.1) is 6.92 Å². The fourth-order valence-electron chi connectivity index (χ4n) is 2.17. The van der Waals surface area contributed by atoms with Gasteiger partial charge in [0.05, 0.1) is 5.56 Å². The third kappa shape index (κ3) is 5.51. The lowest BCUT2D eigenvalue weighted by Crippen LogP contribution is -2.17. The maximum Gasteiger partial charge on any atom is 0.257 e. The van der Waals surface area contributed by atoms with E-state index in [2.05, 4.69) is 20.5 Å². The van der Waals surface area contributed by atoms with Crippen molar-refractivity contribution in [2.45, 2.75) is 13.3 Å². The average molecular weight is 347 g/mol. The minimum absolute atomic E-state index is 0.202. The highest BCUT2D eigenvalue weighted by Gasteiger charge is 2.09. The number of anilines is 2. The van der Waals surface area contributed by atoms with Gasteiger partial charge in [-0.25, -0.2) is 4.98 Å². The second-order valence-electron chi connectivity index (χ2n) is 5.93. The Morgan fingerprint density at radius 2 is 2.04 bits per heavy atom.